The van der Waals surface area contributed by atoms with Crippen LogP contribution in [0.4, 0.5) is 23.7 Å². The maximum Gasteiger partial charge on any atom is 0.319 e. The van der Waals surface area contributed by atoms with Crippen molar-refractivity contribution >= 4 is 17.6 Å². The Bertz CT molecular complexity index is 962. The van der Waals surface area contributed by atoms with Crippen molar-refractivity contribution in [3.63, 3.8) is 0 Å². The normalized spacial score (nSPS) is 16.1. The highest BCUT2D eigenvalue weighted by Gasteiger charge is 2.37. The molecule has 3 rings (SSSR count). The minimum absolute atomic E-state index is 0.100. The van der Waals surface area contributed by atoms with Gasteiger partial charge in [0.2, 0.25) is 5.91 Å². The Balaban J connectivity index is 1.72. The van der Waals surface area contributed by atoms with E-state index in [9.17, 15) is 22.8 Å². The Morgan fingerprint density at radius 3 is 2.26 bits per heavy atom. The topological polar surface area (TPSA) is 85.2 Å². The molecule has 2 aromatic carbocycles. The summed E-state index contributed by atoms with van der Waals surface area (Å²) < 4.78 is 40.0. The number of hydrogen-bond acceptors (Lipinski definition) is 3. The standard InChI is InChI=1S/C22H21F3N4O2/c23-17-5-7-18(8-6-17)27-21(31)28-19(13-15-1-3-16(14-26)4-2-15)20(30)29-11-9-22(24,25)10-12-29/h1-8,19H,9-13H2,(H2,27,28,31)/t19-/m0/s1. The minimum atomic E-state index is -2.80. The fraction of sp³-hybridized carbons (Fsp3) is 0.318. The summed E-state index contributed by atoms with van der Waals surface area (Å²) >= 11 is 0. The summed E-state index contributed by atoms with van der Waals surface area (Å²) in [5.74, 6) is -3.72. The summed E-state index contributed by atoms with van der Waals surface area (Å²) in [6.45, 7) is -0.200. The minimum Gasteiger partial charge on any atom is -0.340 e. The average Bonchev–Trinajstić information content (AvgIpc) is 2.75. The van der Waals surface area contributed by atoms with Crippen molar-refractivity contribution in [2.45, 2.75) is 31.2 Å². The molecule has 2 N–H and O–H groups in total. The molecule has 1 heterocycles. The monoisotopic (exact) mass is 430 g/mol. The molecule has 0 radical (unpaired) electrons. The summed E-state index contributed by atoms with van der Waals surface area (Å²) in [5.41, 5.74) is 1.48. The number of likely N-dealkylation sites (tertiary alicyclic amines) is 1. The van der Waals surface area contributed by atoms with Gasteiger partial charge in [-0.05, 0) is 42.0 Å². The van der Waals surface area contributed by atoms with Crippen molar-refractivity contribution in [1.82, 2.24) is 10.2 Å². The molecule has 0 bridgehead atoms. The molecule has 1 aliphatic heterocycles. The Morgan fingerprint density at radius 1 is 1.06 bits per heavy atom. The fourth-order valence-electron chi connectivity index (χ4n) is 3.28. The van der Waals surface area contributed by atoms with E-state index in [2.05, 4.69) is 10.6 Å². The van der Waals surface area contributed by atoms with Gasteiger partial charge in [0.15, 0.2) is 0 Å². The molecule has 0 aromatic heterocycles. The van der Waals surface area contributed by atoms with E-state index in [0.29, 0.717) is 16.8 Å². The third kappa shape index (κ3) is 6.22. The summed E-state index contributed by atoms with van der Waals surface area (Å²) in [6.07, 6.45) is -0.734. The van der Waals surface area contributed by atoms with Crippen LogP contribution in [0.5, 0.6) is 0 Å². The van der Waals surface area contributed by atoms with Gasteiger partial charge in [-0.1, -0.05) is 12.1 Å². The number of nitrogens with zero attached hydrogens (tertiary/aromatic N) is 2. The number of hydrogen-bond donors (Lipinski definition) is 2. The Hall–Kier alpha value is -3.54. The number of amides is 3. The molecule has 0 saturated carbocycles. The molecule has 1 fully saturated rings. The van der Waals surface area contributed by atoms with Crippen molar-refractivity contribution in [1.29, 1.82) is 5.26 Å². The van der Waals surface area contributed by atoms with E-state index in [-0.39, 0.29) is 19.5 Å². The van der Waals surface area contributed by atoms with Gasteiger partial charge in [-0.2, -0.15) is 5.26 Å². The van der Waals surface area contributed by atoms with Gasteiger partial charge < -0.3 is 15.5 Å². The zero-order valence-electron chi connectivity index (χ0n) is 16.6. The van der Waals surface area contributed by atoms with E-state index >= 15 is 0 Å². The molecule has 9 heteroatoms. The van der Waals surface area contributed by atoms with Crippen LogP contribution in [0.2, 0.25) is 0 Å². The second kappa shape index (κ2) is 9.51. The van der Waals surface area contributed by atoms with Crippen LogP contribution in [0.15, 0.2) is 48.5 Å². The third-order valence-electron chi connectivity index (χ3n) is 5.04. The number of alkyl halides is 2. The number of carbonyl (C=O) groups is 2. The number of carbonyl (C=O) groups excluding carboxylic acids is 2. The largest absolute Gasteiger partial charge is 0.340 e. The molecule has 162 valence electrons. The van der Waals surface area contributed by atoms with E-state index in [1.54, 1.807) is 24.3 Å². The zero-order valence-corrected chi connectivity index (χ0v) is 16.6. The first-order valence-electron chi connectivity index (χ1n) is 9.74. The molecule has 6 nitrogen and oxygen atoms in total. The van der Waals surface area contributed by atoms with Gasteiger partial charge in [0.05, 0.1) is 11.6 Å². The third-order valence-corrected chi connectivity index (χ3v) is 5.04. The van der Waals surface area contributed by atoms with E-state index in [1.165, 1.54) is 29.2 Å². The number of nitriles is 1. The molecule has 1 atom stereocenters. The van der Waals surface area contributed by atoms with Crippen LogP contribution >= 0.6 is 0 Å². The molecule has 1 aliphatic rings. The van der Waals surface area contributed by atoms with Crippen LogP contribution in [0.1, 0.15) is 24.0 Å². The lowest BCUT2D eigenvalue weighted by atomic mass is 10.0. The van der Waals surface area contributed by atoms with Crippen molar-refractivity contribution in [2.24, 2.45) is 0 Å². The molecule has 1 saturated heterocycles. The van der Waals surface area contributed by atoms with Gasteiger partial charge in [-0.25, -0.2) is 18.0 Å². The summed E-state index contributed by atoms with van der Waals surface area (Å²) in [5, 5.41) is 14.0. The van der Waals surface area contributed by atoms with E-state index in [1.807, 2.05) is 6.07 Å². The molecule has 0 aliphatic carbocycles. The molecular formula is C22H21F3N4O2. The average molecular weight is 430 g/mol. The van der Waals surface area contributed by atoms with Crippen LogP contribution < -0.4 is 10.6 Å². The zero-order chi connectivity index (χ0) is 22.4. The molecule has 0 spiro atoms. The molecular weight excluding hydrogens is 409 g/mol. The lowest BCUT2D eigenvalue weighted by molar-refractivity contribution is -0.139. The van der Waals surface area contributed by atoms with Gasteiger partial charge in [0.25, 0.3) is 5.92 Å². The summed E-state index contributed by atoms with van der Waals surface area (Å²) in [7, 11) is 0. The Morgan fingerprint density at radius 2 is 1.68 bits per heavy atom. The van der Waals surface area contributed by atoms with Gasteiger partial charge >= 0.3 is 6.03 Å². The molecule has 0 unspecified atom stereocenters. The van der Waals surface area contributed by atoms with Gasteiger partial charge in [-0.3, -0.25) is 4.79 Å². The van der Waals surface area contributed by atoms with Crippen LogP contribution in [0, 0.1) is 17.1 Å². The van der Waals surface area contributed by atoms with Crippen molar-refractivity contribution in [3.8, 4) is 6.07 Å². The lowest BCUT2D eigenvalue weighted by Gasteiger charge is -2.34. The smallest absolute Gasteiger partial charge is 0.319 e. The lowest BCUT2D eigenvalue weighted by Crippen LogP contribution is -2.53. The maximum absolute atomic E-state index is 13.5. The van der Waals surface area contributed by atoms with Crippen molar-refractivity contribution in [2.75, 3.05) is 18.4 Å². The Kier molecular flexibility index (Phi) is 6.80. The molecule has 31 heavy (non-hydrogen) atoms. The number of benzene rings is 2. The summed E-state index contributed by atoms with van der Waals surface area (Å²) in [4.78, 5) is 26.8. The van der Waals surface area contributed by atoms with Crippen molar-refractivity contribution < 1.29 is 22.8 Å². The first kappa shape index (κ1) is 22.2. The Labute approximate surface area is 177 Å². The van der Waals surface area contributed by atoms with Gasteiger partial charge in [0, 0.05) is 38.0 Å². The second-order valence-electron chi connectivity index (χ2n) is 7.35. The number of nitrogens with one attached hydrogen (secondary N) is 2. The number of halogens is 3. The molecule has 2 aromatic rings. The highest BCUT2D eigenvalue weighted by molar-refractivity contribution is 5.93. The van der Waals surface area contributed by atoms with Gasteiger partial charge in [0.1, 0.15) is 11.9 Å². The van der Waals surface area contributed by atoms with Crippen LogP contribution in [-0.4, -0.2) is 41.9 Å². The summed E-state index contributed by atoms with van der Waals surface area (Å²) in [6, 6.07) is 12.0. The SMILES string of the molecule is N#Cc1ccc(C[C@H](NC(=O)Nc2ccc(F)cc2)C(=O)N2CCC(F)(F)CC2)cc1. The number of anilines is 1. The van der Waals surface area contributed by atoms with Gasteiger partial charge in [-0.15, -0.1) is 0 Å². The van der Waals surface area contributed by atoms with Crippen LogP contribution in [-0.2, 0) is 11.2 Å². The quantitative estimate of drug-likeness (QED) is 0.759. The maximum atomic E-state index is 13.5. The highest BCUT2D eigenvalue weighted by Crippen LogP contribution is 2.28. The van der Waals surface area contributed by atoms with Crippen LogP contribution in [0.3, 0.4) is 0 Å². The molecule has 3 amide bonds. The first-order chi connectivity index (χ1) is 14.8. The van der Waals surface area contributed by atoms with E-state index in [4.69, 9.17) is 5.26 Å². The van der Waals surface area contributed by atoms with E-state index in [0.717, 1.165) is 0 Å². The van der Waals surface area contributed by atoms with Crippen molar-refractivity contribution in [3.05, 3.63) is 65.5 Å². The number of piperidine rings is 1. The predicted octanol–water partition coefficient (Wildman–Crippen LogP) is 3.69. The number of urea groups is 1. The first-order valence-corrected chi connectivity index (χ1v) is 9.74. The van der Waals surface area contributed by atoms with E-state index < -0.39 is 42.6 Å². The second-order valence-corrected chi connectivity index (χ2v) is 7.35. The predicted molar refractivity (Wildman–Crippen MR) is 108 cm³/mol. The fourth-order valence-corrected chi connectivity index (χ4v) is 3.28. The van der Waals surface area contributed by atoms with Crippen LogP contribution in [0.25, 0.3) is 0 Å². The number of rotatable bonds is 5. The highest BCUT2D eigenvalue weighted by atomic mass is 19.3.